The van der Waals surface area contributed by atoms with Crippen molar-refractivity contribution < 1.29 is 14.2 Å². The molecule has 0 spiro atoms. The number of pyridine rings is 1. The van der Waals surface area contributed by atoms with Crippen LogP contribution in [0, 0.1) is 0 Å². The van der Waals surface area contributed by atoms with Gasteiger partial charge in [0.05, 0.1) is 32.5 Å². The first-order valence-electron chi connectivity index (χ1n) is 9.95. The maximum absolute atomic E-state index is 5.56. The molecule has 7 heteroatoms. The SMILES string of the molecule is CCCCOCCOCCNC(=NCc1ccc(OC(C)C)nc1)NCC. The third-order valence-corrected chi connectivity index (χ3v) is 3.47. The standard InChI is InChI=1S/C20H36N4O3/c1-5-7-11-25-13-14-26-12-10-22-20(21-6-2)24-16-18-8-9-19(23-15-18)27-17(3)4/h8-9,15,17H,5-7,10-14,16H2,1-4H3,(H2,21,22,24). The lowest BCUT2D eigenvalue weighted by Gasteiger charge is -2.12. The van der Waals surface area contributed by atoms with Gasteiger partial charge in [-0.25, -0.2) is 9.98 Å². The van der Waals surface area contributed by atoms with Crippen LogP contribution in [0.2, 0.25) is 0 Å². The zero-order valence-corrected chi connectivity index (χ0v) is 17.3. The van der Waals surface area contributed by atoms with E-state index in [1.807, 2.05) is 32.9 Å². The molecule has 0 aliphatic rings. The summed E-state index contributed by atoms with van der Waals surface area (Å²) in [7, 11) is 0. The van der Waals surface area contributed by atoms with Crippen LogP contribution in [-0.2, 0) is 16.0 Å². The van der Waals surface area contributed by atoms with Crippen LogP contribution >= 0.6 is 0 Å². The lowest BCUT2D eigenvalue weighted by Crippen LogP contribution is -2.39. The minimum absolute atomic E-state index is 0.121. The summed E-state index contributed by atoms with van der Waals surface area (Å²) in [6.07, 6.45) is 4.18. The van der Waals surface area contributed by atoms with Gasteiger partial charge in [-0.05, 0) is 32.8 Å². The van der Waals surface area contributed by atoms with Crippen LogP contribution < -0.4 is 15.4 Å². The molecular formula is C20H36N4O3. The molecule has 0 bridgehead atoms. The molecule has 154 valence electrons. The highest BCUT2D eigenvalue weighted by molar-refractivity contribution is 5.79. The van der Waals surface area contributed by atoms with Crippen LogP contribution in [0.4, 0.5) is 0 Å². The number of hydrogen-bond acceptors (Lipinski definition) is 5. The van der Waals surface area contributed by atoms with Crippen LogP contribution in [0.15, 0.2) is 23.3 Å². The predicted octanol–water partition coefficient (Wildman–Crippen LogP) is 2.76. The molecule has 0 aliphatic carbocycles. The smallest absolute Gasteiger partial charge is 0.213 e. The Morgan fingerprint density at radius 3 is 2.48 bits per heavy atom. The van der Waals surface area contributed by atoms with Crippen molar-refractivity contribution in [2.75, 3.05) is 39.5 Å². The number of guanidine groups is 1. The third kappa shape index (κ3) is 12.2. The van der Waals surface area contributed by atoms with Crippen molar-refractivity contribution in [1.82, 2.24) is 15.6 Å². The predicted molar refractivity (Wildman–Crippen MR) is 109 cm³/mol. The molecule has 0 aromatic carbocycles. The zero-order valence-electron chi connectivity index (χ0n) is 17.3. The molecule has 2 N–H and O–H groups in total. The first-order valence-corrected chi connectivity index (χ1v) is 9.95. The van der Waals surface area contributed by atoms with Gasteiger partial charge >= 0.3 is 0 Å². The molecular weight excluding hydrogens is 344 g/mol. The minimum Gasteiger partial charge on any atom is -0.475 e. The Morgan fingerprint density at radius 1 is 1.07 bits per heavy atom. The molecule has 0 aliphatic heterocycles. The Bertz CT molecular complexity index is 506. The number of aromatic nitrogens is 1. The van der Waals surface area contributed by atoms with E-state index in [-0.39, 0.29) is 6.10 Å². The molecule has 0 unspecified atom stereocenters. The second-order valence-corrected chi connectivity index (χ2v) is 6.37. The van der Waals surface area contributed by atoms with E-state index in [1.165, 1.54) is 0 Å². The van der Waals surface area contributed by atoms with E-state index >= 15 is 0 Å². The molecule has 0 fully saturated rings. The first kappa shape index (κ1) is 23.2. The van der Waals surface area contributed by atoms with Gasteiger partial charge in [-0.1, -0.05) is 19.4 Å². The molecule has 0 saturated heterocycles. The van der Waals surface area contributed by atoms with Crippen LogP contribution in [0.3, 0.4) is 0 Å². The molecule has 0 amide bonds. The molecule has 1 rings (SSSR count). The topological polar surface area (TPSA) is 77.0 Å². The van der Waals surface area contributed by atoms with Gasteiger partial charge in [0.2, 0.25) is 5.88 Å². The Morgan fingerprint density at radius 2 is 1.85 bits per heavy atom. The van der Waals surface area contributed by atoms with E-state index in [1.54, 1.807) is 6.20 Å². The number of hydrogen-bond donors (Lipinski definition) is 2. The lowest BCUT2D eigenvalue weighted by atomic mass is 10.3. The van der Waals surface area contributed by atoms with Gasteiger partial charge in [0.15, 0.2) is 5.96 Å². The largest absolute Gasteiger partial charge is 0.475 e. The van der Waals surface area contributed by atoms with Gasteiger partial charge in [0.1, 0.15) is 0 Å². The summed E-state index contributed by atoms with van der Waals surface area (Å²) in [5, 5.41) is 6.50. The molecule has 0 atom stereocenters. The normalized spacial score (nSPS) is 11.7. The maximum atomic E-state index is 5.56. The van der Waals surface area contributed by atoms with Gasteiger partial charge < -0.3 is 24.8 Å². The molecule has 1 aromatic heterocycles. The van der Waals surface area contributed by atoms with Crippen molar-refractivity contribution in [3.05, 3.63) is 23.9 Å². The van der Waals surface area contributed by atoms with Crippen molar-refractivity contribution >= 4 is 5.96 Å². The highest BCUT2D eigenvalue weighted by Crippen LogP contribution is 2.10. The Labute approximate surface area is 163 Å². The van der Waals surface area contributed by atoms with Crippen molar-refractivity contribution in [2.24, 2.45) is 4.99 Å². The number of aliphatic imine (C=N–C) groups is 1. The van der Waals surface area contributed by atoms with E-state index in [4.69, 9.17) is 14.2 Å². The summed E-state index contributed by atoms with van der Waals surface area (Å²) < 4.78 is 16.6. The quantitative estimate of drug-likeness (QED) is 0.294. The van der Waals surface area contributed by atoms with E-state index < -0.39 is 0 Å². The number of nitrogens with one attached hydrogen (secondary N) is 2. The first-order chi connectivity index (χ1) is 13.2. The molecule has 0 radical (unpaired) electrons. The lowest BCUT2D eigenvalue weighted by molar-refractivity contribution is 0.0487. The number of rotatable bonds is 14. The molecule has 7 nitrogen and oxygen atoms in total. The fourth-order valence-corrected chi connectivity index (χ4v) is 2.14. The second kappa shape index (κ2) is 15.2. The number of ether oxygens (including phenoxy) is 3. The molecule has 0 saturated carbocycles. The maximum Gasteiger partial charge on any atom is 0.213 e. The van der Waals surface area contributed by atoms with Crippen molar-refractivity contribution in [3.63, 3.8) is 0 Å². The Hall–Kier alpha value is -1.86. The van der Waals surface area contributed by atoms with E-state index in [0.717, 1.165) is 37.5 Å². The van der Waals surface area contributed by atoms with Crippen LogP contribution in [-0.4, -0.2) is 56.6 Å². The Kier molecular flexibility index (Phi) is 13.1. The van der Waals surface area contributed by atoms with Crippen molar-refractivity contribution in [2.45, 2.75) is 53.2 Å². The number of nitrogens with zero attached hydrogens (tertiary/aromatic N) is 2. The summed E-state index contributed by atoms with van der Waals surface area (Å²) >= 11 is 0. The Balaban J connectivity index is 2.27. The van der Waals surface area contributed by atoms with Crippen molar-refractivity contribution in [3.8, 4) is 5.88 Å². The monoisotopic (exact) mass is 380 g/mol. The van der Waals surface area contributed by atoms with Gasteiger partial charge in [-0.2, -0.15) is 0 Å². The van der Waals surface area contributed by atoms with Gasteiger partial charge in [-0.15, -0.1) is 0 Å². The molecule has 27 heavy (non-hydrogen) atoms. The van der Waals surface area contributed by atoms with Gasteiger partial charge in [0, 0.05) is 32.0 Å². The van der Waals surface area contributed by atoms with Gasteiger partial charge in [-0.3, -0.25) is 0 Å². The van der Waals surface area contributed by atoms with E-state index in [0.29, 0.717) is 38.8 Å². The van der Waals surface area contributed by atoms with Crippen LogP contribution in [0.25, 0.3) is 0 Å². The highest BCUT2D eigenvalue weighted by Gasteiger charge is 2.01. The zero-order chi connectivity index (χ0) is 19.7. The molecule has 1 aromatic rings. The summed E-state index contributed by atoms with van der Waals surface area (Å²) in [4.78, 5) is 8.88. The van der Waals surface area contributed by atoms with E-state index in [9.17, 15) is 0 Å². The van der Waals surface area contributed by atoms with E-state index in [2.05, 4.69) is 27.5 Å². The summed E-state index contributed by atoms with van der Waals surface area (Å²) in [6, 6.07) is 3.86. The highest BCUT2D eigenvalue weighted by atomic mass is 16.5. The van der Waals surface area contributed by atoms with Crippen LogP contribution in [0.1, 0.15) is 46.1 Å². The minimum atomic E-state index is 0.121. The summed E-state index contributed by atoms with van der Waals surface area (Å²) in [5.41, 5.74) is 1.03. The van der Waals surface area contributed by atoms with Gasteiger partial charge in [0.25, 0.3) is 0 Å². The fourth-order valence-electron chi connectivity index (χ4n) is 2.14. The van der Waals surface area contributed by atoms with Crippen LogP contribution in [0.5, 0.6) is 5.88 Å². The average Bonchev–Trinajstić information content (AvgIpc) is 2.65. The second-order valence-electron chi connectivity index (χ2n) is 6.37. The average molecular weight is 381 g/mol. The molecule has 1 heterocycles. The fraction of sp³-hybridized carbons (Fsp3) is 0.700. The third-order valence-electron chi connectivity index (χ3n) is 3.47. The van der Waals surface area contributed by atoms with Crippen molar-refractivity contribution in [1.29, 1.82) is 0 Å². The summed E-state index contributed by atoms with van der Waals surface area (Å²) in [5.74, 6) is 1.40. The number of unbranched alkanes of at least 4 members (excludes halogenated alkanes) is 1. The summed E-state index contributed by atoms with van der Waals surface area (Å²) in [6.45, 7) is 12.9.